The largest absolute Gasteiger partial charge is 0.543 e. The summed E-state index contributed by atoms with van der Waals surface area (Å²) < 4.78 is 1.82. The van der Waals surface area contributed by atoms with Gasteiger partial charge in [0.25, 0.3) is 5.91 Å². The van der Waals surface area contributed by atoms with Gasteiger partial charge in [0.1, 0.15) is 11.4 Å². The molecule has 0 saturated carbocycles. The lowest BCUT2D eigenvalue weighted by Gasteiger charge is -2.50. The number of thioether (sulfide) groups is 3. The van der Waals surface area contributed by atoms with Crippen molar-refractivity contribution in [1.29, 1.82) is 0 Å². The molecule has 2 aromatic rings. The summed E-state index contributed by atoms with van der Waals surface area (Å²) in [6.07, 6.45) is 3.45. The van der Waals surface area contributed by atoms with Crippen LogP contribution in [0.4, 0.5) is 11.6 Å². The maximum absolute atomic E-state index is 12.9. The summed E-state index contributed by atoms with van der Waals surface area (Å²) in [6.45, 7) is 2.55. The normalized spacial score (nSPS) is 18.7. The zero-order valence-corrected chi connectivity index (χ0v) is 24.5. The predicted octanol–water partition coefficient (Wildman–Crippen LogP) is 1.70. The molecule has 15 heteroatoms. The summed E-state index contributed by atoms with van der Waals surface area (Å²) in [5.74, 6) is -0.715. The molecule has 1 saturated heterocycles. The van der Waals surface area contributed by atoms with E-state index in [2.05, 4.69) is 10.3 Å². The number of aliphatic carboxylic acids is 1. The monoisotopic (exact) mass is 626 g/mol. The topological polar surface area (TPSA) is 158 Å². The molecule has 2 amide bonds. The Labute approximate surface area is 247 Å². The number of benzene rings is 1. The van der Waals surface area contributed by atoms with E-state index in [1.54, 1.807) is 36.4 Å². The number of nitrogens with one attached hydrogen (secondary N) is 1. The standard InChI is InChI=1S/C24H24Cl2N6O4S3/c1-2-31-17(28)9-16(27)29-24(31)37-7-3-4-12-10-39-22-19(21(34)32(22)20(12)23(35)36)30-18(33)11-38-15-8-13(25)5-6-14(15)26/h3-6,8-9,19,22H,2,7,10-11H2,1H3,(H5,27,28,30,33,35,36)/b4-3+/t19-,22-/m1/s1. The summed E-state index contributed by atoms with van der Waals surface area (Å²) in [4.78, 5) is 43.5. The maximum Gasteiger partial charge on any atom is 0.301 e. The molecule has 4 rings (SSSR count). The van der Waals surface area contributed by atoms with Gasteiger partial charge in [0.05, 0.1) is 35.1 Å². The fourth-order valence-electron chi connectivity index (χ4n) is 3.99. The number of carboxylic acid groups (broad SMARTS) is 1. The Hall–Kier alpha value is -2.58. The number of β-lactam (4-membered cyclic amide) rings is 1. The predicted molar refractivity (Wildman–Crippen MR) is 153 cm³/mol. The van der Waals surface area contributed by atoms with Gasteiger partial charge in [-0.1, -0.05) is 40.3 Å². The number of nitrogen functional groups attached to an aromatic ring is 2. The molecule has 2 atom stereocenters. The molecule has 39 heavy (non-hydrogen) atoms. The third kappa shape index (κ3) is 6.60. The summed E-state index contributed by atoms with van der Waals surface area (Å²) in [5.41, 5.74) is 12.1. The van der Waals surface area contributed by atoms with Crippen LogP contribution in [0.15, 0.2) is 57.7 Å². The van der Waals surface area contributed by atoms with E-state index in [4.69, 9.17) is 34.7 Å². The third-order valence-corrected chi connectivity index (χ3v) is 9.73. The number of carbonyl (C=O) groups is 3. The molecular formula is C24H24Cl2N6O4S3. The van der Waals surface area contributed by atoms with Crippen LogP contribution in [0, 0.1) is 0 Å². The van der Waals surface area contributed by atoms with Crippen LogP contribution in [0.25, 0.3) is 0 Å². The second-order valence-corrected chi connectivity index (χ2v) is 12.3. The molecule has 10 nitrogen and oxygen atoms in total. The van der Waals surface area contributed by atoms with Crippen LogP contribution in [0.1, 0.15) is 6.92 Å². The first-order valence-electron chi connectivity index (χ1n) is 11.6. The SMILES string of the molecule is CC[n+]1c(N)cc(N)nc1SC/C=C/C1=C(C(=O)[O-])N2C(=O)[C@@H](NC(=O)CSc3cc(Cl)ccc3Cl)[C@H]2SC1. The van der Waals surface area contributed by atoms with Crippen LogP contribution in [0.5, 0.6) is 0 Å². The number of fused-ring (bicyclic) bond motifs is 1. The van der Waals surface area contributed by atoms with Gasteiger partial charge in [0.2, 0.25) is 17.5 Å². The van der Waals surface area contributed by atoms with Gasteiger partial charge in [-0.15, -0.1) is 23.5 Å². The summed E-state index contributed by atoms with van der Waals surface area (Å²) in [7, 11) is 0. The average molecular weight is 628 g/mol. The lowest BCUT2D eigenvalue weighted by atomic mass is 10.0. The van der Waals surface area contributed by atoms with Crippen molar-refractivity contribution in [2.24, 2.45) is 0 Å². The lowest BCUT2D eigenvalue weighted by Crippen LogP contribution is -2.71. The fraction of sp³-hybridized carbons (Fsp3) is 0.292. The quantitative estimate of drug-likeness (QED) is 0.153. The van der Waals surface area contributed by atoms with Gasteiger partial charge < -0.3 is 26.7 Å². The van der Waals surface area contributed by atoms with Crippen LogP contribution in [-0.4, -0.2) is 56.3 Å². The molecule has 1 fully saturated rings. The van der Waals surface area contributed by atoms with Crippen LogP contribution < -0.4 is 26.5 Å². The number of halogens is 2. The Morgan fingerprint density at radius 3 is 2.79 bits per heavy atom. The summed E-state index contributed by atoms with van der Waals surface area (Å²) >= 11 is 16.1. The summed E-state index contributed by atoms with van der Waals surface area (Å²) in [6, 6.07) is 5.69. The van der Waals surface area contributed by atoms with Crippen LogP contribution in [0.3, 0.4) is 0 Å². The van der Waals surface area contributed by atoms with Gasteiger partial charge in [0, 0.05) is 21.4 Å². The number of nitrogens with zero attached hydrogens (tertiary/aromatic N) is 3. The summed E-state index contributed by atoms with van der Waals surface area (Å²) in [5, 5.41) is 15.7. The Morgan fingerprint density at radius 1 is 1.31 bits per heavy atom. The molecule has 2 aliphatic heterocycles. The van der Waals surface area contributed by atoms with Crippen molar-refractivity contribution in [3.05, 3.63) is 57.7 Å². The number of carbonyl (C=O) groups excluding carboxylic acids is 3. The third-order valence-electron chi connectivity index (χ3n) is 5.77. The molecule has 0 aliphatic carbocycles. The van der Waals surface area contributed by atoms with E-state index < -0.39 is 23.3 Å². The molecule has 0 unspecified atom stereocenters. The Balaban J connectivity index is 1.38. The fourth-order valence-corrected chi connectivity index (χ4v) is 7.51. The zero-order valence-electron chi connectivity index (χ0n) is 20.6. The van der Waals surface area contributed by atoms with Crippen molar-refractivity contribution in [1.82, 2.24) is 15.2 Å². The number of aromatic nitrogens is 2. The molecule has 206 valence electrons. The molecule has 0 spiro atoms. The minimum atomic E-state index is -1.45. The van der Waals surface area contributed by atoms with E-state index in [0.717, 1.165) is 0 Å². The molecular weight excluding hydrogens is 603 g/mol. The highest BCUT2D eigenvalue weighted by Crippen LogP contribution is 2.40. The van der Waals surface area contributed by atoms with Crippen molar-refractivity contribution in [2.45, 2.75) is 34.9 Å². The minimum absolute atomic E-state index is 0.0155. The minimum Gasteiger partial charge on any atom is -0.543 e. The number of allylic oxidation sites excluding steroid dienone is 1. The first-order chi connectivity index (χ1) is 18.6. The van der Waals surface area contributed by atoms with Gasteiger partial charge in [-0.25, -0.2) is 4.57 Å². The van der Waals surface area contributed by atoms with E-state index in [1.807, 2.05) is 11.5 Å². The van der Waals surface area contributed by atoms with E-state index in [1.165, 1.54) is 40.2 Å². The van der Waals surface area contributed by atoms with Gasteiger partial charge in [0.15, 0.2) is 0 Å². The van der Waals surface area contributed by atoms with E-state index >= 15 is 0 Å². The van der Waals surface area contributed by atoms with Crippen LogP contribution >= 0.6 is 58.5 Å². The molecule has 0 bridgehead atoms. The van der Waals surface area contributed by atoms with Gasteiger partial charge in [-0.3, -0.25) is 14.5 Å². The van der Waals surface area contributed by atoms with E-state index in [0.29, 0.717) is 55.4 Å². The number of nitrogens with two attached hydrogens (primary N) is 2. The second kappa shape index (κ2) is 12.7. The highest BCUT2D eigenvalue weighted by molar-refractivity contribution is 8.00. The number of amides is 2. The molecule has 1 aromatic carbocycles. The van der Waals surface area contributed by atoms with E-state index in [9.17, 15) is 19.5 Å². The Morgan fingerprint density at radius 2 is 2.08 bits per heavy atom. The van der Waals surface area contributed by atoms with Crippen molar-refractivity contribution in [3.63, 3.8) is 0 Å². The van der Waals surface area contributed by atoms with Gasteiger partial charge >= 0.3 is 5.16 Å². The zero-order chi connectivity index (χ0) is 28.3. The van der Waals surface area contributed by atoms with Crippen molar-refractivity contribution in [2.75, 3.05) is 28.7 Å². The van der Waals surface area contributed by atoms with Crippen molar-refractivity contribution < 1.29 is 24.1 Å². The van der Waals surface area contributed by atoms with E-state index in [-0.39, 0.29) is 17.4 Å². The molecule has 0 radical (unpaired) electrons. The number of hydrogen-bond donors (Lipinski definition) is 3. The molecule has 3 heterocycles. The van der Waals surface area contributed by atoms with Crippen LogP contribution in [-0.2, 0) is 20.9 Å². The highest BCUT2D eigenvalue weighted by Gasteiger charge is 2.52. The molecule has 5 N–H and O–H groups in total. The van der Waals surface area contributed by atoms with Crippen LogP contribution in [0.2, 0.25) is 10.0 Å². The highest BCUT2D eigenvalue weighted by atomic mass is 35.5. The van der Waals surface area contributed by atoms with Gasteiger partial charge in [-0.2, -0.15) is 0 Å². The van der Waals surface area contributed by atoms with Crippen molar-refractivity contribution in [3.8, 4) is 0 Å². The smallest absolute Gasteiger partial charge is 0.301 e. The Bertz CT molecular complexity index is 1390. The van der Waals surface area contributed by atoms with Crippen molar-refractivity contribution >= 4 is 87.9 Å². The number of carboxylic acids is 1. The molecule has 2 aliphatic rings. The van der Waals surface area contributed by atoms with Gasteiger partial charge in [-0.05, 0) is 42.5 Å². The molecule has 1 aromatic heterocycles. The lowest BCUT2D eigenvalue weighted by molar-refractivity contribution is -0.719. The average Bonchev–Trinajstić information content (AvgIpc) is 2.89. The first kappa shape index (κ1) is 29.4. The second-order valence-electron chi connectivity index (χ2n) is 8.33. The first-order valence-corrected chi connectivity index (χ1v) is 15.4. The number of hydrogen-bond acceptors (Lipinski definition) is 10. The number of rotatable bonds is 10. The Kier molecular flexibility index (Phi) is 9.60. The number of anilines is 2. The maximum atomic E-state index is 12.9.